The normalized spacial score (nSPS) is 20.1. The van der Waals surface area contributed by atoms with E-state index in [-0.39, 0.29) is 38.1 Å². The Kier molecular flexibility index (Phi) is 10.7. The van der Waals surface area contributed by atoms with Crippen molar-refractivity contribution in [3.05, 3.63) is 89.5 Å². The third kappa shape index (κ3) is 9.93. The molecule has 3 heterocycles. The second-order valence-corrected chi connectivity index (χ2v) is 12.0. The van der Waals surface area contributed by atoms with Gasteiger partial charge in [-0.1, -0.05) is 6.92 Å². The number of esters is 3. The molecule has 12 nitrogen and oxygen atoms in total. The minimum atomic E-state index is -1.03. The van der Waals surface area contributed by atoms with Gasteiger partial charge in [0.25, 0.3) is 0 Å². The van der Waals surface area contributed by atoms with E-state index in [1.54, 1.807) is 72.8 Å². The summed E-state index contributed by atoms with van der Waals surface area (Å²) in [5.74, 6) is 0.0799. The van der Waals surface area contributed by atoms with E-state index < -0.39 is 23.3 Å². The lowest BCUT2D eigenvalue weighted by Gasteiger charge is -2.31. The van der Waals surface area contributed by atoms with E-state index in [1.165, 1.54) is 0 Å². The van der Waals surface area contributed by atoms with Crippen LogP contribution in [0, 0.1) is 5.41 Å². The van der Waals surface area contributed by atoms with Gasteiger partial charge in [0.05, 0.1) is 41.9 Å². The van der Waals surface area contributed by atoms with Crippen LogP contribution in [-0.4, -0.2) is 95.7 Å². The van der Waals surface area contributed by atoms with E-state index in [2.05, 4.69) is 0 Å². The molecule has 0 aliphatic carbocycles. The van der Waals surface area contributed by atoms with Crippen LogP contribution in [0.5, 0.6) is 17.2 Å². The minimum absolute atomic E-state index is 0.113. The Morgan fingerprint density at radius 1 is 0.542 bits per heavy atom. The number of ether oxygens (including phenoxy) is 9. The van der Waals surface area contributed by atoms with Gasteiger partial charge in [0, 0.05) is 0 Å². The number of carbonyl (C=O) groups excluding carboxylic acids is 3. The molecule has 3 fully saturated rings. The third-order valence-electron chi connectivity index (χ3n) is 8.06. The summed E-state index contributed by atoms with van der Waals surface area (Å²) in [6.45, 7) is 4.71. The Morgan fingerprint density at radius 3 is 1.04 bits per heavy atom. The molecule has 0 radical (unpaired) electrons. The summed E-state index contributed by atoms with van der Waals surface area (Å²) in [5, 5.41) is 0. The average Bonchev–Trinajstić information content (AvgIpc) is 3.98. The standard InChI is InChI=1S/C36H38O12/c1-2-36(21-46-33(37)24-3-9-27(10-4-24)40-15-30-18-43-30,22-47-34(38)25-5-11-28(12-6-25)41-16-31-19-44-31)23-48-35(39)26-7-13-29(14-8-26)42-17-32-20-45-32/h3-14,30-32H,2,15-23H2,1H3. The van der Waals surface area contributed by atoms with Crippen LogP contribution in [0.4, 0.5) is 0 Å². The molecule has 3 aliphatic heterocycles. The van der Waals surface area contributed by atoms with Gasteiger partial charge in [0.2, 0.25) is 0 Å². The van der Waals surface area contributed by atoms with E-state index in [4.69, 9.17) is 42.6 Å². The lowest BCUT2D eigenvalue weighted by molar-refractivity contribution is -0.0381. The summed E-state index contributed by atoms with van der Waals surface area (Å²) in [7, 11) is 0. The highest BCUT2D eigenvalue weighted by Gasteiger charge is 2.35. The number of benzene rings is 3. The van der Waals surface area contributed by atoms with Crippen LogP contribution in [0.25, 0.3) is 0 Å². The Hall–Kier alpha value is -4.65. The van der Waals surface area contributed by atoms with Crippen LogP contribution in [-0.2, 0) is 28.4 Å². The average molecular weight is 663 g/mol. The molecule has 3 saturated heterocycles. The first-order valence-corrected chi connectivity index (χ1v) is 15.9. The van der Waals surface area contributed by atoms with Crippen LogP contribution in [0.15, 0.2) is 72.8 Å². The van der Waals surface area contributed by atoms with Crippen molar-refractivity contribution >= 4 is 17.9 Å². The summed E-state index contributed by atoms with van der Waals surface area (Å²) in [4.78, 5) is 39.1. The first kappa shape index (κ1) is 33.3. The summed E-state index contributed by atoms with van der Waals surface area (Å²) in [6.07, 6.45) is 0.702. The largest absolute Gasteiger partial charge is 0.491 e. The van der Waals surface area contributed by atoms with Crippen molar-refractivity contribution in [1.82, 2.24) is 0 Å². The number of hydrogen-bond acceptors (Lipinski definition) is 12. The van der Waals surface area contributed by atoms with Crippen molar-refractivity contribution in [2.75, 3.05) is 59.5 Å². The van der Waals surface area contributed by atoms with Gasteiger partial charge < -0.3 is 42.6 Å². The van der Waals surface area contributed by atoms with Gasteiger partial charge in [-0.3, -0.25) is 0 Å². The molecule has 3 atom stereocenters. The van der Waals surface area contributed by atoms with Crippen LogP contribution in [0.2, 0.25) is 0 Å². The lowest BCUT2D eigenvalue weighted by atomic mass is 9.88. The number of rotatable bonds is 19. The second-order valence-electron chi connectivity index (χ2n) is 12.0. The Balaban J connectivity index is 1.07. The van der Waals surface area contributed by atoms with Gasteiger partial charge in [-0.05, 0) is 79.2 Å². The van der Waals surface area contributed by atoms with E-state index in [9.17, 15) is 14.4 Å². The second kappa shape index (κ2) is 15.5. The monoisotopic (exact) mass is 662 g/mol. The number of epoxide rings is 3. The van der Waals surface area contributed by atoms with Crippen molar-refractivity contribution in [2.24, 2.45) is 5.41 Å². The van der Waals surface area contributed by atoms with E-state index >= 15 is 0 Å². The van der Waals surface area contributed by atoms with Crippen LogP contribution < -0.4 is 14.2 Å². The van der Waals surface area contributed by atoms with Gasteiger partial charge in [-0.25, -0.2) is 14.4 Å². The lowest BCUT2D eigenvalue weighted by Crippen LogP contribution is -2.39. The van der Waals surface area contributed by atoms with Crippen molar-refractivity contribution in [2.45, 2.75) is 31.7 Å². The van der Waals surface area contributed by atoms with E-state index in [0.29, 0.717) is 80.0 Å². The number of hydrogen-bond donors (Lipinski definition) is 0. The van der Waals surface area contributed by atoms with Gasteiger partial charge in [-0.15, -0.1) is 0 Å². The van der Waals surface area contributed by atoms with Crippen LogP contribution >= 0.6 is 0 Å². The predicted octanol–water partition coefficient (Wildman–Crippen LogP) is 4.29. The quantitative estimate of drug-likeness (QED) is 0.103. The highest BCUT2D eigenvalue weighted by atomic mass is 16.6. The summed E-state index contributed by atoms with van der Waals surface area (Å²) in [6, 6.07) is 19.7. The Bertz CT molecular complexity index is 1340. The Labute approximate surface area is 278 Å². The molecule has 3 aromatic rings. The van der Waals surface area contributed by atoms with Gasteiger partial charge in [-0.2, -0.15) is 0 Å². The SMILES string of the molecule is CCC(COC(=O)c1ccc(OCC2CO2)cc1)(COC(=O)c1ccc(OCC2CO2)cc1)COC(=O)c1ccc(OCC2CO2)cc1. The highest BCUT2D eigenvalue weighted by molar-refractivity contribution is 5.90. The van der Waals surface area contributed by atoms with Gasteiger partial charge in [0.15, 0.2) is 0 Å². The maximum Gasteiger partial charge on any atom is 0.338 e. The van der Waals surface area contributed by atoms with Crippen LogP contribution in [0.1, 0.15) is 44.4 Å². The summed E-state index contributed by atoms with van der Waals surface area (Å²) in [5.41, 5.74) is -0.0880. The molecule has 0 aromatic heterocycles. The molecule has 0 amide bonds. The molecule has 0 bridgehead atoms. The summed E-state index contributed by atoms with van der Waals surface area (Å²) >= 11 is 0. The van der Waals surface area contributed by atoms with Crippen molar-refractivity contribution in [1.29, 1.82) is 0 Å². The Morgan fingerprint density at radius 2 is 0.812 bits per heavy atom. The molecule has 3 unspecified atom stereocenters. The van der Waals surface area contributed by atoms with E-state index in [0.717, 1.165) is 0 Å². The van der Waals surface area contributed by atoms with Crippen LogP contribution in [0.3, 0.4) is 0 Å². The van der Waals surface area contributed by atoms with E-state index in [1.807, 2.05) is 6.92 Å². The maximum atomic E-state index is 13.0. The molecule has 254 valence electrons. The zero-order valence-electron chi connectivity index (χ0n) is 26.6. The van der Waals surface area contributed by atoms with Crippen molar-refractivity contribution in [3.8, 4) is 17.2 Å². The molecule has 12 heteroatoms. The molecule has 3 aromatic carbocycles. The zero-order valence-corrected chi connectivity index (χ0v) is 26.6. The fourth-order valence-electron chi connectivity index (χ4n) is 4.46. The fraction of sp³-hybridized carbons (Fsp3) is 0.417. The molecule has 48 heavy (non-hydrogen) atoms. The smallest absolute Gasteiger partial charge is 0.338 e. The molecule has 0 N–H and O–H groups in total. The molecular weight excluding hydrogens is 624 g/mol. The number of carbonyl (C=O) groups is 3. The van der Waals surface area contributed by atoms with Gasteiger partial charge in [0.1, 0.15) is 75.2 Å². The summed E-state index contributed by atoms with van der Waals surface area (Å²) < 4.78 is 49.5. The molecule has 0 saturated carbocycles. The molecule has 3 aliphatic rings. The first-order valence-electron chi connectivity index (χ1n) is 15.9. The topological polar surface area (TPSA) is 144 Å². The predicted molar refractivity (Wildman–Crippen MR) is 169 cm³/mol. The first-order chi connectivity index (χ1) is 23.4. The fourth-order valence-corrected chi connectivity index (χ4v) is 4.46. The minimum Gasteiger partial charge on any atom is -0.491 e. The third-order valence-corrected chi connectivity index (χ3v) is 8.06. The van der Waals surface area contributed by atoms with Crippen molar-refractivity contribution < 1.29 is 57.0 Å². The molecule has 0 spiro atoms. The van der Waals surface area contributed by atoms with Gasteiger partial charge >= 0.3 is 17.9 Å². The maximum absolute atomic E-state index is 13.0. The van der Waals surface area contributed by atoms with Crippen molar-refractivity contribution in [3.63, 3.8) is 0 Å². The zero-order chi connectivity index (χ0) is 33.3. The molecular formula is C36H38O12. The highest BCUT2D eigenvalue weighted by Crippen LogP contribution is 2.27. The molecule has 6 rings (SSSR count).